The van der Waals surface area contributed by atoms with Crippen molar-refractivity contribution in [3.05, 3.63) is 15.6 Å². The van der Waals surface area contributed by atoms with E-state index in [1.165, 1.54) is 11.3 Å². The Kier molecular flexibility index (Phi) is 4.09. The maximum atomic E-state index is 11.7. The minimum Gasteiger partial charge on any atom is -0.462 e. The molecule has 1 aliphatic heterocycles. The van der Waals surface area contributed by atoms with Gasteiger partial charge < -0.3 is 14.8 Å². The maximum absolute atomic E-state index is 11.7. The molecule has 94 valence electrons. The van der Waals surface area contributed by atoms with E-state index < -0.39 is 0 Å². The quantitative estimate of drug-likeness (QED) is 0.826. The van der Waals surface area contributed by atoms with E-state index in [0.717, 1.165) is 23.9 Å². The smallest absolute Gasteiger partial charge is 0.350 e. The first kappa shape index (κ1) is 12.5. The van der Waals surface area contributed by atoms with Gasteiger partial charge in [-0.25, -0.2) is 9.78 Å². The van der Waals surface area contributed by atoms with Gasteiger partial charge in [0.2, 0.25) is 0 Å². The molecule has 2 heterocycles. The molecule has 1 aromatic rings. The molecule has 6 heteroatoms. The van der Waals surface area contributed by atoms with Gasteiger partial charge in [-0.15, -0.1) is 11.3 Å². The first-order valence-corrected chi connectivity index (χ1v) is 6.49. The van der Waals surface area contributed by atoms with Crippen molar-refractivity contribution in [3.8, 4) is 0 Å². The number of thiazole rings is 1. The van der Waals surface area contributed by atoms with E-state index in [-0.39, 0.29) is 12.0 Å². The second-order valence-electron chi connectivity index (χ2n) is 3.77. The summed E-state index contributed by atoms with van der Waals surface area (Å²) in [6.45, 7) is 6.16. The molecule has 1 aromatic heterocycles. The molecule has 17 heavy (non-hydrogen) atoms. The van der Waals surface area contributed by atoms with Crippen molar-refractivity contribution in [2.45, 2.75) is 19.9 Å². The van der Waals surface area contributed by atoms with E-state index >= 15 is 0 Å². The summed E-state index contributed by atoms with van der Waals surface area (Å²) in [5, 5.41) is 4.21. The zero-order valence-electron chi connectivity index (χ0n) is 9.99. The number of morpholine rings is 1. The number of hydrogen-bond donors (Lipinski definition) is 1. The van der Waals surface area contributed by atoms with Crippen molar-refractivity contribution >= 4 is 17.3 Å². The normalized spacial score (nSPS) is 20.2. The number of nitrogens with one attached hydrogen (secondary N) is 1. The summed E-state index contributed by atoms with van der Waals surface area (Å²) in [5.41, 5.74) is 0.732. The van der Waals surface area contributed by atoms with Gasteiger partial charge in [-0.05, 0) is 13.8 Å². The van der Waals surface area contributed by atoms with Gasteiger partial charge in [0.1, 0.15) is 9.88 Å². The standard InChI is InChI=1S/C11H16N2O3S/c1-3-16-11(14)9-7(2)13-10(17-9)8-6-15-5-4-12-8/h8,12H,3-6H2,1-2H3. The largest absolute Gasteiger partial charge is 0.462 e. The zero-order valence-corrected chi connectivity index (χ0v) is 10.8. The Bertz CT molecular complexity index is 399. The second-order valence-corrected chi connectivity index (χ2v) is 4.80. The number of carbonyl (C=O) groups is 1. The van der Waals surface area contributed by atoms with Gasteiger partial charge in [-0.1, -0.05) is 0 Å². The van der Waals surface area contributed by atoms with Crippen molar-refractivity contribution in [1.82, 2.24) is 10.3 Å². The molecule has 1 atom stereocenters. The van der Waals surface area contributed by atoms with Crippen LogP contribution < -0.4 is 5.32 Å². The van der Waals surface area contributed by atoms with E-state index in [1.807, 2.05) is 6.92 Å². The lowest BCUT2D eigenvalue weighted by atomic mass is 10.3. The van der Waals surface area contributed by atoms with Crippen LogP contribution in [0.2, 0.25) is 0 Å². The van der Waals surface area contributed by atoms with Gasteiger partial charge in [0.15, 0.2) is 0 Å². The second kappa shape index (κ2) is 5.57. The van der Waals surface area contributed by atoms with Gasteiger partial charge in [0.25, 0.3) is 0 Å². The molecule has 0 spiro atoms. The van der Waals surface area contributed by atoms with Crippen LogP contribution in [-0.4, -0.2) is 37.3 Å². The fraction of sp³-hybridized carbons (Fsp3) is 0.636. The van der Waals surface area contributed by atoms with E-state index in [0.29, 0.717) is 18.1 Å². The predicted octanol–water partition coefficient (Wildman–Crippen LogP) is 1.29. The van der Waals surface area contributed by atoms with E-state index in [2.05, 4.69) is 10.3 Å². The van der Waals surface area contributed by atoms with Crippen LogP contribution in [0.1, 0.15) is 33.3 Å². The number of rotatable bonds is 3. The Labute approximate surface area is 104 Å². The van der Waals surface area contributed by atoms with Crippen LogP contribution in [0.4, 0.5) is 0 Å². The van der Waals surface area contributed by atoms with E-state index in [1.54, 1.807) is 6.92 Å². The predicted molar refractivity (Wildman–Crippen MR) is 64.4 cm³/mol. The van der Waals surface area contributed by atoms with Gasteiger partial charge in [0, 0.05) is 6.54 Å². The summed E-state index contributed by atoms with van der Waals surface area (Å²) in [4.78, 5) is 16.7. The van der Waals surface area contributed by atoms with E-state index in [4.69, 9.17) is 9.47 Å². The summed E-state index contributed by atoms with van der Waals surface area (Å²) < 4.78 is 10.4. The summed E-state index contributed by atoms with van der Waals surface area (Å²) >= 11 is 1.39. The molecule has 1 unspecified atom stereocenters. The minimum absolute atomic E-state index is 0.0932. The SMILES string of the molecule is CCOC(=O)c1sc(C2COCCN2)nc1C. The van der Waals surface area contributed by atoms with Crippen LogP contribution in [0.3, 0.4) is 0 Å². The third-order valence-electron chi connectivity index (χ3n) is 2.49. The number of nitrogens with zero attached hydrogens (tertiary/aromatic N) is 1. The molecule has 1 fully saturated rings. The first-order chi connectivity index (χ1) is 8.22. The molecule has 0 saturated carbocycles. The molecular formula is C11H16N2O3S. The fourth-order valence-electron chi connectivity index (χ4n) is 1.68. The van der Waals surface area contributed by atoms with Crippen LogP contribution in [0, 0.1) is 6.92 Å². The molecule has 1 saturated heterocycles. The van der Waals surface area contributed by atoms with Crippen molar-refractivity contribution in [1.29, 1.82) is 0 Å². The van der Waals surface area contributed by atoms with Crippen LogP contribution in [0.25, 0.3) is 0 Å². The number of aromatic nitrogens is 1. The number of hydrogen-bond acceptors (Lipinski definition) is 6. The van der Waals surface area contributed by atoms with Crippen molar-refractivity contribution < 1.29 is 14.3 Å². The fourth-order valence-corrected chi connectivity index (χ4v) is 2.70. The van der Waals surface area contributed by atoms with Gasteiger partial charge in [0.05, 0.1) is 31.6 Å². The van der Waals surface area contributed by atoms with Gasteiger partial charge >= 0.3 is 5.97 Å². The molecule has 0 radical (unpaired) electrons. The number of aryl methyl sites for hydroxylation is 1. The van der Waals surface area contributed by atoms with E-state index in [9.17, 15) is 4.79 Å². The molecule has 0 bridgehead atoms. The third kappa shape index (κ3) is 2.83. The lowest BCUT2D eigenvalue weighted by Gasteiger charge is -2.21. The Morgan fingerprint density at radius 2 is 2.53 bits per heavy atom. The van der Waals surface area contributed by atoms with Crippen LogP contribution in [0.5, 0.6) is 0 Å². The lowest BCUT2D eigenvalue weighted by Crippen LogP contribution is -2.34. The molecule has 2 rings (SSSR count). The van der Waals surface area contributed by atoms with Crippen LogP contribution >= 0.6 is 11.3 Å². The molecule has 1 N–H and O–H groups in total. The third-order valence-corrected chi connectivity index (χ3v) is 3.74. The van der Waals surface area contributed by atoms with Crippen molar-refractivity contribution in [2.75, 3.05) is 26.4 Å². The monoisotopic (exact) mass is 256 g/mol. The molecule has 0 aromatic carbocycles. The highest BCUT2D eigenvalue weighted by Gasteiger charge is 2.23. The average Bonchev–Trinajstić information content (AvgIpc) is 2.73. The van der Waals surface area contributed by atoms with Gasteiger partial charge in [-0.3, -0.25) is 0 Å². The Hall–Kier alpha value is -0.980. The van der Waals surface area contributed by atoms with Crippen LogP contribution in [0.15, 0.2) is 0 Å². The summed E-state index contributed by atoms with van der Waals surface area (Å²) in [5.74, 6) is -0.287. The summed E-state index contributed by atoms with van der Waals surface area (Å²) in [6.07, 6.45) is 0. The zero-order chi connectivity index (χ0) is 12.3. The molecule has 0 aliphatic carbocycles. The van der Waals surface area contributed by atoms with Crippen LogP contribution in [-0.2, 0) is 9.47 Å². The number of ether oxygens (including phenoxy) is 2. The van der Waals surface area contributed by atoms with Crippen molar-refractivity contribution in [2.24, 2.45) is 0 Å². The summed E-state index contributed by atoms with van der Waals surface area (Å²) in [7, 11) is 0. The minimum atomic E-state index is -0.287. The lowest BCUT2D eigenvalue weighted by molar-refractivity contribution is 0.0531. The topological polar surface area (TPSA) is 60.5 Å². The number of carbonyl (C=O) groups excluding carboxylic acids is 1. The molecular weight excluding hydrogens is 240 g/mol. The van der Waals surface area contributed by atoms with Crippen molar-refractivity contribution in [3.63, 3.8) is 0 Å². The first-order valence-electron chi connectivity index (χ1n) is 5.68. The average molecular weight is 256 g/mol. The number of esters is 1. The van der Waals surface area contributed by atoms with Gasteiger partial charge in [-0.2, -0.15) is 0 Å². The highest BCUT2D eigenvalue weighted by molar-refractivity contribution is 7.13. The maximum Gasteiger partial charge on any atom is 0.350 e. The molecule has 5 nitrogen and oxygen atoms in total. The highest BCUT2D eigenvalue weighted by Crippen LogP contribution is 2.25. The highest BCUT2D eigenvalue weighted by atomic mass is 32.1. The Balaban J connectivity index is 2.14. The summed E-state index contributed by atoms with van der Waals surface area (Å²) in [6, 6.07) is 0.0932. The molecule has 0 amide bonds. The molecule has 1 aliphatic rings. The Morgan fingerprint density at radius 3 is 3.18 bits per heavy atom. The Morgan fingerprint density at radius 1 is 1.71 bits per heavy atom.